The number of rotatable bonds is 4. The topological polar surface area (TPSA) is 77.1 Å². The van der Waals surface area contributed by atoms with Gasteiger partial charge in [-0.2, -0.15) is 0 Å². The monoisotopic (exact) mass is 271 g/mol. The van der Waals surface area contributed by atoms with Crippen LogP contribution in [-0.4, -0.2) is 10.5 Å². The van der Waals surface area contributed by atoms with Crippen molar-refractivity contribution in [3.8, 4) is 0 Å². The van der Waals surface area contributed by atoms with Crippen LogP contribution in [0, 0.1) is 6.92 Å². The van der Waals surface area contributed by atoms with E-state index in [1.165, 1.54) is 6.07 Å². The van der Waals surface area contributed by atoms with E-state index in [2.05, 4.69) is 5.43 Å². The Balaban J connectivity index is 2.34. The Labute approximate surface area is 117 Å². The van der Waals surface area contributed by atoms with Gasteiger partial charge in [-0.15, -0.1) is 0 Å². The third kappa shape index (κ3) is 3.13. The Hall–Kier alpha value is -2.40. The average Bonchev–Trinajstić information content (AvgIpc) is 2.44. The van der Waals surface area contributed by atoms with Crippen LogP contribution >= 0.6 is 0 Å². The first kappa shape index (κ1) is 14.0. The van der Waals surface area contributed by atoms with Crippen LogP contribution in [0.15, 0.2) is 47.3 Å². The number of pyridine rings is 1. The van der Waals surface area contributed by atoms with Crippen LogP contribution in [0.5, 0.6) is 0 Å². The molecule has 5 nitrogen and oxygen atoms in total. The molecule has 104 valence electrons. The van der Waals surface area contributed by atoms with Crippen LogP contribution < -0.4 is 16.8 Å². The van der Waals surface area contributed by atoms with Crippen molar-refractivity contribution in [2.75, 3.05) is 0 Å². The highest BCUT2D eigenvalue weighted by Crippen LogP contribution is 2.11. The Morgan fingerprint density at radius 2 is 1.85 bits per heavy atom. The van der Waals surface area contributed by atoms with E-state index in [1.54, 1.807) is 10.6 Å². The molecular formula is C15H17N3O2. The second kappa shape index (κ2) is 6.16. The molecule has 0 unspecified atom stereocenters. The van der Waals surface area contributed by atoms with Crippen molar-refractivity contribution in [3.05, 3.63) is 69.6 Å². The Bertz CT molecular complexity index is 677. The number of amides is 1. The smallest absolute Gasteiger partial charge is 0.251 e. The maximum atomic E-state index is 11.9. The first-order valence-electron chi connectivity index (χ1n) is 6.34. The van der Waals surface area contributed by atoms with Gasteiger partial charge >= 0.3 is 0 Å². The Kier molecular flexibility index (Phi) is 4.32. The minimum Gasteiger partial charge on any atom is -0.309 e. The molecule has 1 heterocycles. The molecule has 0 saturated heterocycles. The van der Waals surface area contributed by atoms with Gasteiger partial charge in [0.2, 0.25) is 5.91 Å². The fourth-order valence-electron chi connectivity index (χ4n) is 2.10. The molecule has 0 atom stereocenters. The molecule has 1 aromatic heterocycles. The van der Waals surface area contributed by atoms with Crippen LogP contribution in [0.3, 0.4) is 0 Å². The first-order chi connectivity index (χ1) is 9.61. The zero-order valence-electron chi connectivity index (χ0n) is 11.3. The quantitative estimate of drug-likeness (QED) is 0.489. The van der Waals surface area contributed by atoms with Gasteiger partial charge < -0.3 is 4.57 Å². The second-order valence-electron chi connectivity index (χ2n) is 4.60. The van der Waals surface area contributed by atoms with Crippen molar-refractivity contribution in [2.45, 2.75) is 19.9 Å². The van der Waals surface area contributed by atoms with Gasteiger partial charge in [-0.3, -0.25) is 15.0 Å². The van der Waals surface area contributed by atoms with Crippen LogP contribution in [0.25, 0.3) is 0 Å². The molecule has 0 aliphatic rings. The minimum absolute atomic E-state index is 0.0527. The molecule has 0 aliphatic heterocycles. The van der Waals surface area contributed by atoms with Crippen molar-refractivity contribution in [1.29, 1.82) is 0 Å². The van der Waals surface area contributed by atoms with Gasteiger partial charge in [0.1, 0.15) is 0 Å². The maximum Gasteiger partial charge on any atom is 0.251 e. The number of nitrogens with one attached hydrogen (secondary N) is 1. The summed E-state index contributed by atoms with van der Waals surface area (Å²) in [5, 5.41) is 0. The first-order valence-corrected chi connectivity index (χ1v) is 6.34. The van der Waals surface area contributed by atoms with Crippen molar-refractivity contribution in [2.24, 2.45) is 5.84 Å². The van der Waals surface area contributed by atoms with Crippen molar-refractivity contribution in [3.63, 3.8) is 0 Å². The predicted molar refractivity (Wildman–Crippen MR) is 77.0 cm³/mol. The van der Waals surface area contributed by atoms with Crippen LogP contribution in [0.2, 0.25) is 0 Å². The summed E-state index contributed by atoms with van der Waals surface area (Å²) in [6.45, 7) is 2.33. The summed E-state index contributed by atoms with van der Waals surface area (Å²) in [5.74, 6) is 4.86. The second-order valence-corrected chi connectivity index (χ2v) is 4.60. The summed E-state index contributed by atoms with van der Waals surface area (Å²) < 4.78 is 1.68. The van der Waals surface area contributed by atoms with E-state index >= 15 is 0 Å². The van der Waals surface area contributed by atoms with E-state index in [9.17, 15) is 9.59 Å². The zero-order chi connectivity index (χ0) is 14.5. The highest BCUT2D eigenvalue weighted by molar-refractivity contribution is 5.78. The van der Waals surface area contributed by atoms with Crippen molar-refractivity contribution < 1.29 is 4.79 Å². The fourth-order valence-corrected chi connectivity index (χ4v) is 2.10. The van der Waals surface area contributed by atoms with E-state index in [0.717, 1.165) is 16.8 Å². The number of aromatic nitrogens is 1. The van der Waals surface area contributed by atoms with E-state index < -0.39 is 0 Å². The van der Waals surface area contributed by atoms with Crippen LogP contribution in [0.1, 0.15) is 16.8 Å². The third-order valence-corrected chi connectivity index (χ3v) is 3.23. The summed E-state index contributed by atoms with van der Waals surface area (Å²) in [6.07, 6.45) is 0.202. The molecule has 0 saturated carbocycles. The Morgan fingerprint density at radius 3 is 2.50 bits per heavy atom. The normalized spacial score (nSPS) is 10.3. The molecule has 3 N–H and O–H groups in total. The lowest BCUT2D eigenvalue weighted by atomic mass is 10.0. The lowest BCUT2D eigenvalue weighted by molar-refractivity contribution is -0.120. The van der Waals surface area contributed by atoms with Crippen molar-refractivity contribution in [1.82, 2.24) is 9.99 Å². The number of carbonyl (C=O) groups is 1. The molecule has 0 bridgehead atoms. The predicted octanol–water partition coefficient (Wildman–Crippen LogP) is 0.737. The largest absolute Gasteiger partial charge is 0.309 e. The summed E-state index contributed by atoms with van der Waals surface area (Å²) in [4.78, 5) is 23.3. The number of hydrazine groups is 1. The lowest BCUT2D eigenvalue weighted by Gasteiger charge is -2.13. The average molecular weight is 271 g/mol. The van der Waals surface area contributed by atoms with Crippen LogP contribution in [-0.2, 0) is 17.8 Å². The molecule has 20 heavy (non-hydrogen) atoms. The molecule has 5 heteroatoms. The zero-order valence-corrected chi connectivity index (χ0v) is 11.3. The van der Waals surface area contributed by atoms with Gasteiger partial charge in [-0.1, -0.05) is 30.3 Å². The third-order valence-electron chi connectivity index (χ3n) is 3.23. The summed E-state index contributed by atoms with van der Waals surface area (Å²) in [7, 11) is 0. The number of benzene rings is 1. The SMILES string of the molecule is Cc1cccc(=O)n1Cc1ccccc1CC(=O)NN. The number of aryl methyl sites for hydroxylation is 1. The highest BCUT2D eigenvalue weighted by Gasteiger charge is 2.08. The van der Waals surface area contributed by atoms with Gasteiger partial charge in [0.05, 0.1) is 13.0 Å². The molecule has 0 spiro atoms. The van der Waals surface area contributed by atoms with E-state index in [0.29, 0.717) is 6.54 Å². The standard InChI is InChI=1S/C15H17N3O2/c1-11-5-4-8-15(20)18(11)10-13-7-3-2-6-12(13)9-14(19)17-16/h2-8H,9-10,16H2,1H3,(H,17,19). The molecular weight excluding hydrogens is 254 g/mol. The fraction of sp³-hybridized carbons (Fsp3) is 0.200. The maximum absolute atomic E-state index is 11.9. The van der Waals surface area contributed by atoms with E-state index in [-0.39, 0.29) is 17.9 Å². The lowest BCUT2D eigenvalue weighted by Crippen LogP contribution is -2.32. The van der Waals surface area contributed by atoms with E-state index in [1.807, 2.05) is 37.3 Å². The molecule has 2 rings (SSSR count). The molecule has 0 aliphatic carbocycles. The molecule has 2 aromatic rings. The van der Waals surface area contributed by atoms with Gasteiger partial charge in [0.25, 0.3) is 5.56 Å². The summed E-state index contributed by atoms with van der Waals surface area (Å²) in [6, 6.07) is 12.7. The van der Waals surface area contributed by atoms with Gasteiger partial charge in [0, 0.05) is 11.8 Å². The van der Waals surface area contributed by atoms with E-state index in [4.69, 9.17) is 5.84 Å². The number of hydrogen-bond donors (Lipinski definition) is 2. The number of nitrogens with two attached hydrogens (primary N) is 1. The number of carbonyl (C=O) groups excluding carboxylic acids is 1. The Morgan fingerprint density at radius 1 is 1.15 bits per heavy atom. The molecule has 0 radical (unpaired) electrons. The number of nitrogens with zero attached hydrogens (tertiary/aromatic N) is 1. The van der Waals surface area contributed by atoms with Crippen molar-refractivity contribution >= 4 is 5.91 Å². The summed E-state index contributed by atoms with van der Waals surface area (Å²) in [5.41, 5.74) is 4.76. The summed E-state index contributed by atoms with van der Waals surface area (Å²) >= 11 is 0. The molecule has 1 amide bonds. The molecule has 0 fully saturated rings. The van der Waals surface area contributed by atoms with Gasteiger partial charge in [-0.05, 0) is 24.1 Å². The minimum atomic E-state index is -0.255. The molecule has 1 aromatic carbocycles. The number of hydrogen-bond acceptors (Lipinski definition) is 3. The highest BCUT2D eigenvalue weighted by atomic mass is 16.2. The van der Waals surface area contributed by atoms with Gasteiger partial charge in [-0.25, -0.2) is 5.84 Å². The van der Waals surface area contributed by atoms with Crippen LogP contribution in [0.4, 0.5) is 0 Å². The van der Waals surface area contributed by atoms with Gasteiger partial charge in [0.15, 0.2) is 0 Å².